The number of nitrogens with zero attached hydrogens (tertiary/aromatic N) is 3. The Morgan fingerprint density at radius 3 is 2.76 bits per heavy atom. The molecule has 1 aromatic heterocycles. The number of amidine groups is 1. The lowest BCUT2D eigenvalue weighted by atomic mass is 9.68. The van der Waals surface area contributed by atoms with E-state index in [1.54, 1.807) is 18.1 Å². The monoisotopic (exact) mass is 352 g/mol. The number of hydrogen-bond donors (Lipinski definition) is 1. The van der Waals surface area contributed by atoms with Gasteiger partial charge in [-0.2, -0.15) is 0 Å². The minimum atomic E-state index is -0.251. The van der Waals surface area contributed by atoms with Crippen molar-refractivity contribution < 1.29 is 4.74 Å². The normalized spacial score (nSPS) is 30.3. The van der Waals surface area contributed by atoms with E-state index in [1.807, 2.05) is 12.4 Å². The summed E-state index contributed by atoms with van der Waals surface area (Å²) < 4.78 is 6.40. The summed E-state index contributed by atoms with van der Waals surface area (Å²) in [4.78, 5) is 13.3. The second-order valence-electron chi connectivity index (χ2n) is 7.05. The third kappa shape index (κ3) is 2.34. The van der Waals surface area contributed by atoms with Crippen molar-refractivity contribution >= 4 is 16.9 Å². The van der Waals surface area contributed by atoms with Gasteiger partial charge in [0.1, 0.15) is 23.7 Å². The predicted molar refractivity (Wildman–Crippen MR) is 99.6 cm³/mol. The molecule has 5 nitrogen and oxygen atoms in total. The van der Waals surface area contributed by atoms with Crippen LogP contribution in [0.15, 0.2) is 41.9 Å². The fourth-order valence-electron chi connectivity index (χ4n) is 4.52. The fraction of sp³-hybridized carbons (Fsp3) is 0.421. The lowest BCUT2D eigenvalue weighted by molar-refractivity contribution is 0.0268. The van der Waals surface area contributed by atoms with E-state index < -0.39 is 0 Å². The summed E-state index contributed by atoms with van der Waals surface area (Å²) in [7, 11) is 0. The zero-order valence-electron chi connectivity index (χ0n) is 13.9. The van der Waals surface area contributed by atoms with E-state index in [0.717, 1.165) is 35.5 Å². The van der Waals surface area contributed by atoms with E-state index in [2.05, 4.69) is 28.2 Å². The molecule has 2 N–H and O–H groups in total. The largest absolute Gasteiger partial charge is 0.490 e. The molecule has 1 saturated carbocycles. The molecule has 2 aliphatic heterocycles. The molecular formula is C19H20N4OS. The zero-order chi connectivity index (χ0) is 16.9. The van der Waals surface area contributed by atoms with Crippen molar-refractivity contribution in [2.75, 3.05) is 5.75 Å². The van der Waals surface area contributed by atoms with Crippen LogP contribution in [0, 0.1) is 5.92 Å². The first-order valence-electron chi connectivity index (χ1n) is 8.81. The van der Waals surface area contributed by atoms with Crippen LogP contribution in [0.2, 0.25) is 0 Å². The molecule has 1 spiro atoms. The number of hydrogen-bond acceptors (Lipinski definition) is 6. The highest BCUT2D eigenvalue weighted by atomic mass is 32.2. The Bertz CT molecular complexity index is 841. The average Bonchev–Trinajstić information content (AvgIpc) is 3.05. The molecule has 5 rings (SSSR count). The first kappa shape index (κ1) is 15.2. The Kier molecular flexibility index (Phi) is 3.48. The number of nitrogens with two attached hydrogens (primary N) is 1. The van der Waals surface area contributed by atoms with Gasteiger partial charge >= 0.3 is 0 Å². The molecule has 0 bridgehead atoms. The van der Waals surface area contributed by atoms with Gasteiger partial charge < -0.3 is 10.5 Å². The van der Waals surface area contributed by atoms with Crippen molar-refractivity contribution in [1.29, 1.82) is 0 Å². The molecule has 3 aliphatic rings. The van der Waals surface area contributed by atoms with Crippen LogP contribution in [0.3, 0.4) is 0 Å². The van der Waals surface area contributed by atoms with Crippen LogP contribution in [-0.2, 0) is 5.54 Å². The third-order valence-corrected chi connectivity index (χ3v) is 6.66. The van der Waals surface area contributed by atoms with Crippen LogP contribution in [-0.4, -0.2) is 27.0 Å². The number of rotatable bonds is 1. The molecule has 3 atom stereocenters. The Morgan fingerprint density at radius 2 is 1.96 bits per heavy atom. The quantitative estimate of drug-likeness (QED) is 0.852. The number of ether oxygens (including phenoxy) is 1. The van der Waals surface area contributed by atoms with Gasteiger partial charge in [-0.3, -0.25) is 0 Å². The number of thioether (sulfide) groups is 1. The van der Waals surface area contributed by atoms with Crippen LogP contribution in [0.1, 0.15) is 31.2 Å². The maximum atomic E-state index is 6.40. The van der Waals surface area contributed by atoms with Crippen LogP contribution in [0.25, 0.3) is 11.1 Å². The van der Waals surface area contributed by atoms with E-state index in [0.29, 0.717) is 11.1 Å². The number of fused-ring (bicyclic) bond motifs is 4. The first-order valence-corrected chi connectivity index (χ1v) is 9.79. The average molecular weight is 352 g/mol. The van der Waals surface area contributed by atoms with Crippen molar-refractivity contribution in [1.82, 2.24) is 9.97 Å². The Balaban J connectivity index is 1.68. The van der Waals surface area contributed by atoms with E-state index in [1.165, 1.54) is 18.4 Å². The summed E-state index contributed by atoms with van der Waals surface area (Å²) in [5, 5.41) is 0.700. The highest BCUT2D eigenvalue weighted by Crippen LogP contribution is 2.54. The van der Waals surface area contributed by atoms with Crippen molar-refractivity contribution in [3.05, 3.63) is 42.5 Å². The Morgan fingerprint density at radius 1 is 1.12 bits per heavy atom. The maximum Gasteiger partial charge on any atom is 0.154 e. The summed E-state index contributed by atoms with van der Waals surface area (Å²) in [5.41, 5.74) is 9.15. The SMILES string of the molecule is NC1=NC2(CS1)c1cc(-c3cncnc3)ccc1O[C@@H]1CCCCC12. The van der Waals surface area contributed by atoms with Gasteiger partial charge in [0.15, 0.2) is 5.17 Å². The zero-order valence-corrected chi connectivity index (χ0v) is 14.7. The molecule has 6 heteroatoms. The van der Waals surface area contributed by atoms with Gasteiger partial charge in [0, 0.05) is 35.2 Å². The molecule has 1 aromatic carbocycles. The smallest absolute Gasteiger partial charge is 0.154 e. The van der Waals surface area contributed by atoms with Gasteiger partial charge in [-0.05, 0) is 37.0 Å². The molecule has 0 amide bonds. The molecule has 25 heavy (non-hydrogen) atoms. The molecule has 3 heterocycles. The molecule has 0 saturated heterocycles. The summed E-state index contributed by atoms with van der Waals surface area (Å²) in [6.07, 6.45) is 10.2. The van der Waals surface area contributed by atoms with E-state index >= 15 is 0 Å². The molecular weight excluding hydrogens is 332 g/mol. The summed E-state index contributed by atoms with van der Waals surface area (Å²) in [6, 6.07) is 6.38. The molecule has 128 valence electrons. The second-order valence-corrected chi connectivity index (χ2v) is 8.04. The lowest BCUT2D eigenvalue weighted by Gasteiger charge is -2.47. The maximum absolute atomic E-state index is 6.40. The van der Waals surface area contributed by atoms with Gasteiger partial charge in [-0.1, -0.05) is 24.2 Å². The van der Waals surface area contributed by atoms with E-state index in [9.17, 15) is 0 Å². The van der Waals surface area contributed by atoms with E-state index in [-0.39, 0.29) is 11.6 Å². The van der Waals surface area contributed by atoms with Gasteiger partial charge in [-0.25, -0.2) is 15.0 Å². The number of aliphatic imine (C=N–C) groups is 1. The van der Waals surface area contributed by atoms with Crippen LogP contribution >= 0.6 is 11.8 Å². The van der Waals surface area contributed by atoms with Crippen molar-refractivity contribution in [3.8, 4) is 16.9 Å². The van der Waals surface area contributed by atoms with Crippen LogP contribution in [0.4, 0.5) is 0 Å². The number of aromatic nitrogens is 2. The molecule has 2 aromatic rings. The van der Waals surface area contributed by atoms with E-state index in [4.69, 9.17) is 15.5 Å². The Labute approximate surface area is 151 Å². The standard InChI is InChI=1S/C19H20N4OS/c20-18-23-19(10-25-18)14-3-1-2-4-16(14)24-17-6-5-12(7-15(17)19)13-8-21-11-22-9-13/h5-9,11,14,16H,1-4,10H2,(H2,20,23)/t14?,16-,19?/m1/s1. The fourth-order valence-corrected chi connectivity index (χ4v) is 5.55. The molecule has 1 aliphatic carbocycles. The molecule has 1 fully saturated rings. The second kappa shape index (κ2) is 5.73. The van der Waals surface area contributed by atoms with Crippen molar-refractivity contribution in [3.63, 3.8) is 0 Å². The summed E-state index contributed by atoms with van der Waals surface area (Å²) in [6.45, 7) is 0. The van der Waals surface area contributed by atoms with Crippen molar-refractivity contribution in [2.24, 2.45) is 16.6 Å². The lowest BCUT2D eigenvalue weighted by Crippen LogP contribution is -2.49. The number of benzene rings is 1. The van der Waals surface area contributed by atoms with Gasteiger partial charge in [0.05, 0.1) is 0 Å². The summed E-state index contributed by atoms with van der Waals surface area (Å²) >= 11 is 1.67. The molecule has 0 radical (unpaired) electrons. The predicted octanol–water partition coefficient (Wildman–Crippen LogP) is 3.35. The van der Waals surface area contributed by atoms with Crippen LogP contribution < -0.4 is 10.5 Å². The van der Waals surface area contributed by atoms with Gasteiger partial charge in [0.25, 0.3) is 0 Å². The summed E-state index contributed by atoms with van der Waals surface area (Å²) in [5.74, 6) is 2.28. The molecule has 2 unspecified atom stereocenters. The first-order chi connectivity index (χ1) is 12.3. The minimum absolute atomic E-state index is 0.251. The highest BCUT2D eigenvalue weighted by Gasteiger charge is 2.53. The van der Waals surface area contributed by atoms with Gasteiger partial charge in [-0.15, -0.1) is 0 Å². The van der Waals surface area contributed by atoms with Gasteiger partial charge in [0.2, 0.25) is 0 Å². The van der Waals surface area contributed by atoms with Crippen LogP contribution in [0.5, 0.6) is 5.75 Å². The Hall–Kier alpha value is -2.08. The third-order valence-electron chi connectivity index (χ3n) is 5.68. The minimum Gasteiger partial charge on any atom is -0.490 e. The topological polar surface area (TPSA) is 73.4 Å². The van der Waals surface area contributed by atoms with Crippen molar-refractivity contribution in [2.45, 2.75) is 37.3 Å². The highest BCUT2D eigenvalue weighted by molar-refractivity contribution is 8.14.